The smallest absolute Gasteiger partial charge is 0.272 e. The van der Waals surface area contributed by atoms with E-state index < -0.39 is 11.6 Å². The van der Waals surface area contributed by atoms with Crippen molar-refractivity contribution in [1.82, 2.24) is 20.0 Å². The van der Waals surface area contributed by atoms with E-state index in [9.17, 15) is 13.6 Å². The van der Waals surface area contributed by atoms with Gasteiger partial charge in [0.1, 0.15) is 11.5 Å². The highest BCUT2D eigenvalue weighted by atomic mass is 32.2. The first kappa shape index (κ1) is 18.1. The Hall–Kier alpha value is -1.93. The first-order valence-electron chi connectivity index (χ1n) is 9.77. The van der Waals surface area contributed by atoms with Crippen LogP contribution in [0.15, 0.2) is 18.2 Å². The van der Waals surface area contributed by atoms with Crippen molar-refractivity contribution >= 4 is 17.7 Å². The van der Waals surface area contributed by atoms with Gasteiger partial charge in [-0.25, -0.2) is 13.5 Å². The minimum atomic E-state index is -0.663. The summed E-state index contributed by atoms with van der Waals surface area (Å²) in [4.78, 5) is 15.1. The van der Waals surface area contributed by atoms with Crippen molar-refractivity contribution in [3.05, 3.63) is 46.8 Å². The maximum absolute atomic E-state index is 14.4. The van der Waals surface area contributed by atoms with E-state index >= 15 is 0 Å². The van der Waals surface area contributed by atoms with Crippen molar-refractivity contribution in [2.45, 2.75) is 18.8 Å². The fraction of sp³-hybridized carbons (Fsp3) is 0.500. The minimum Gasteiger partial charge on any atom is -0.349 e. The lowest BCUT2D eigenvalue weighted by atomic mass is 10.1. The molecule has 1 aromatic carbocycles. The molecule has 3 aliphatic rings. The highest BCUT2D eigenvalue weighted by Crippen LogP contribution is 2.57. The van der Waals surface area contributed by atoms with Gasteiger partial charge < -0.3 is 5.32 Å². The van der Waals surface area contributed by atoms with Gasteiger partial charge in [0.2, 0.25) is 0 Å². The summed E-state index contributed by atoms with van der Waals surface area (Å²) in [5.74, 6) is 1.65. The average Bonchev–Trinajstić information content (AvgIpc) is 3.19. The highest BCUT2D eigenvalue weighted by Gasteiger charge is 2.50. The molecule has 5 nitrogen and oxygen atoms in total. The Morgan fingerprint density at radius 2 is 2.11 bits per heavy atom. The molecule has 2 aromatic rings. The molecule has 5 rings (SSSR count). The number of nitrogens with zero attached hydrogens (tertiary/aromatic N) is 3. The number of aromatic nitrogens is 2. The average molecular weight is 404 g/mol. The van der Waals surface area contributed by atoms with Crippen LogP contribution in [0.2, 0.25) is 0 Å². The molecule has 28 heavy (non-hydrogen) atoms. The van der Waals surface area contributed by atoms with Gasteiger partial charge in [0, 0.05) is 55.2 Å². The molecule has 1 aromatic heterocycles. The molecule has 8 heteroatoms. The molecule has 0 spiro atoms. The molecule has 148 valence electrons. The van der Waals surface area contributed by atoms with Crippen LogP contribution in [0, 0.1) is 17.6 Å². The zero-order valence-corrected chi connectivity index (χ0v) is 16.3. The van der Waals surface area contributed by atoms with Gasteiger partial charge >= 0.3 is 0 Å². The molecule has 1 aliphatic heterocycles. The van der Waals surface area contributed by atoms with Crippen LogP contribution in [0.25, 0.3) is 5.69 Å². The summed E-state index contributed by atoms with van der Waals surface area (Å²) in [5, 5.41) is 7.44. The largest absolute Gasteiger partial charge is 0.349 e. The summed E-state index contributed by atoms with van der Waals surface area (Å²) in [6, 6.07) is 3.48. The van der Waals surface area contributed by atoms with Crippen molar-refractivity contribution in [3.8, 4) is 5.69 Å². The van der Waals surface area contributed by atoms with Crippen LogP contribution < -0.4 is 5.32 Å². The van der Waals surface area contributed by atoms with Gasteiger partial charge in [-0.1, -0.05) is 0 Å². The van der Waals surface area contributed by atoms with E-state index in [0.29, 0.717) is 24.1 Å². The number of carbonyl (C=O) groups excluding carboxylic acids is 1. The Kier molecular flexibility index (Phi) is 4.63. The summed E-state index contributed by atoms with van der Waals surface area (Å²) >= 11 is 1.96. The highest BCUT2D eigenvalue weighted by molar-refractivity contribution is 7.99. The van der Waals surface area contributed by atoms with Gasteiger partial charge in [0.05, 0.1) is 5.69 Å². The molecule has 2 aliphatic carbocycles. The standard InChI is InChI=1S/C20H22F2N4OS/c21-13-1-2-17(16(22)11-13)26-19-14-9-12(14)10-15(19)18(24-26)20(27)23-3-4-25-5-7-28-8-6-25/h1-2,11-12,14H,3-10H2,(H,23,27)/t12-,14-/m1/s1. The lowest BCUT2D eigenvalue weighted by Gasteiger charge is -2.25. The van der Waals surface area contributed by atoms with E-state index in [0.717, 1.165) is 61.3 Å². The maximum atomic E-state index is 14.4. The molecule has 1 saturated heterocycles. The number of nitrogens with one attached hydrogen (secondary N) is 1. The van der Waals surface area contributed by atoms with E-state index in [1.807, 2.05) is 11.8 Å². The fourth-order valence-electron chi connectivity index (χ4n) is 4.37. The van der Waals surface area contributed by atoms with E-state index in [-0.39, 0.29) is 11.6 Å². The number of benzene rings is 1. The van der Waals surface area contributed by atoms with E-state index in [1.54, 1.807) is 0 Å². The Morgan fingerprint density at radius 1 is 1.29 bits per heavy atom. The lowest BCUT2D eigenvalue weighted by Crippen LogP contribution is -2.39. The minimum absolute atomic E-state index is 0.204. The Labute approximate surface area is 166 Å². The van der Waals surface area contributed by atoms with Crippen LogP contribution in [-0.2, 0) is 6.42 Å². The molecule has 0 bridgehead atoms. The second-order valence-corrected chi connectivity index (χ2v) is 8.96. The monoisotopic (exact) mass is 404 g/mol. The van der Waals surface area contributed by atoms with Crippen molar-refractivity contribution in [3.63, 3.8) is 0 Å². The van der Waals surface area contributed by atoms with E-state index in [4.69, 9.17) is 0 Å². The number of carbonyl (C=O) groups is 1. The molecular formula is C20H22F2N4OS. The second-order valence-electron chi connectivity index (χ2n) is 7.74. The van der Waals surface area contributed by atoms with Crippen LogP contribution in [0.1, 0.15) is 34.1 Å². The molecule has 1 N–H and O–H groups in total. The predicted molar refractivity (Wildman–Crippen MR) is 104 cm³/mol. The van der Waals surface area contributed by atoms with Gasteiger partial charge in [-0.15, -0.1) is 0 Å². The van der Waals surface area contributed by atoms with Gasteiger partial charge in [-0.3, -0.25) is 9.69 Å². The van der Waals surface area contributed by atoms with Gasteiger partial charge in [-0.2, -0.15) is 16.9 Å². The van der Waals surface area contributed by atoms with Crippen molar-refractivity contribution < 1.29 is 13.6 Å². The van der Waals surface area contributed by atoms with Crippen molar-refractivity contribution in [2.24, 2.45) is 5.92 Å². The number of halogens is 2. The summed E-state index contributed by atoms with van der Waals surface area (Å²) < 4.78 is 29.2. The first-order chi connectivity index (χ1) is 13.6. The second kappa shape index (κ2) is 7.15. The summed E-state index contributed by atoms with van der Waals surface area (Å²) in [5.41, 5.74) is 2.45. The predicted octanol–water partition coefficient (Wildman–Crippen LogP) is 2.59. The van der Waals surface area contributed by atoms with Gasteiger partial charge in [-0.05, 0) is 30.9 Å². The number of rotatable bonds is 5. The third kappa shape index (κ3) is 3.22. The quantitative estimate of drug-likeness (QED) is 0.832. The third-order valence-electron chi connectivity index (χ3n) is 5.93. The molecule has 1 amide bonds. The van der Waals surface area contributed by atoms with Crippen LogP contribution in [0.5, 0.6) is 0 Å². The van der Waals surface area contributed by atoms with Crippen molar-refractivity contribution in [2.75, 3.05) is 37.7 Å². The van der Waals surface area contributed by atoms with E-state index in [1.165, 1.54) is 16.8 Å². The first-order valence-corrected chi connectivity index (χ1v) is 10.9. The molecule has 0 radical (unpaired) electrons. The SMILES string of the molecule is O=C(NCCN1CCSCC1)c1nn(-c2ccc(F)cc2F)c2c1C[C@H]1C[C@@H]21. The Bertz CT molecular complexity index is 925. The van der Waals surface area contributed by atoms with Crippen LogP contribution in [0.4, 0.5) is 8.78 Å². The fourth-order valence-corrected chi connectivity index (χ4v) is 5.35. The lowest BCUT2D eigenvalue weighted by molar-refractivity contribution is 0.0942. The van der Waals surface area contributed by atoms with Crippen LogP contribution >= 0.6 is 11.8 Å². The number of hydrogen-bond donors (Lipinski definition) is 1. The number of amides is 1. The third-order valence-corrected chi connectivity index (χ3v) is 6.88. The van der Waals surface area contributed by atoms with E-state index in [2.05, 4.69) is 15.3 Å². The number of fused-ring (bicyclic) bond motifs is 3. The topological polar surface area (TPSA) is 50.2 Å². The van der Waals surface area contributed by atoms with Crippen LogP contribution in [0.3, 0.4) is 0 Å². The van der Waals surface area contributed by atoms with Gasteiger partial charge in [0.25, 0.3) is 5.91 Å². The zero-order chi connectivity index (χ0) is 19.3. The number of thioether (sulfide) groups is 1. The number of hydrogen-bond acceptors (Lipinski definition) is 4. The van der Waals surface area contributed by atoms with Crippen LogP contribution in [-0.4, -0.2) is 58.3 Å². The zero-order valence-electron chi connectivity index (χ0n) is 15.5. The summed E-state index contributed by atoms with van der Waals surface area (Å²) in [7, 11) is 0. The molecular weight excluding hydrogens is 382 g/mol. The summed E-state index contributed by atoms with van der Waals surface area (Å²) in [6.07, 6.45) is 1.87. The van der Waals surface area contributed by atoms with Gasteiger partial charge in [0.15, 0.2) is 11.5 Å². The Morgan fingerprint density at radius 3 is 2.89 bits per heavy atom. The normalized spacial score (nSPS) is 23.4. The molecule has 1 saturated carbocycles. The summed E-state index contributed by atoms with van der Waals surface area (Å²) in [6.45, 7) is 3.51. The van der Waals surface area contributed by atoms with Crippen molar-refractivity contribution in [1.29, 1.82) is 0 Å². The molecule has 0 unspecified atom stereocenters. The molecule has 2 fully saturated rings. The molecule has 2 heterocycles. The Balaban J connectivity index is 1.37. The molecule has 2 atom stereocenters. The maximum Gasteiger partial charge on any atom is 0.272 e.